The molecule has 4 N–H and O–H groups in total. The Hall–Kier alpha value is -5.81. The number of hydrogen-bond donors (Lipinski definition) is 4. The third-order valence-electron chi connectivity index (χ3n) is 13.0. The highest BCUT2D eigenvalue weighted by Gasteiger charge is 2.40. The fourth-order valence-electron chi connectivity index (χ4n) is 9.92. The van der Waals surface area contributed by atoms with Crippen LogP contribution in [0.1, 0.15) is 113 Å². The van der Waals surface area contributed by atoms with Crippen LogP contribution in [-0.2, 0) is 19.1 Å². The van der Waals surface area contributed by atoms with Crippen LogP contribution in [0.25, 0.3) is 22.1 Å². The van der Waals surface area contributed by atoms with E-state index in [2.05, 4.69) is 49.8 Å². The molecule has 3 amide bonds. The van der Waals surface area contributed by atoms with Crippen molar-refractivity contribution in [2.45, 2.75) is 109 Å². The Morgan fingerprint density at radius 2 is 1.23 bits per heavy atom. The molecule has 15 nitrogen and oxygen atoms in total. The van der Waals surface area contributed by atoms with Crippen LogP contribution in [0.3, 0.4) is 0 Å². The Kier molecular flexibility index (Phi) is 13.4. The number of amides is 3. The lowest BCUT2D eigenvalue weighted by molar-refractivity contribution is -0.136. The van der Waals surface area contributed by atoms with Crippen LogP contribution in [-0.4, -0.2) is 100 Å². The van der Waals surface area contributed by atoms with Crippen molar-refractivity contribution in [1.82, 2.24) is 40.4 Å². The molecule has 64 heavy (non-hydrogen) atoms. The second-order valence-corrected chi connectivity index (χ2v) is 17.8. The van der Waals surface area contributed by atoms with Gasteiger partial charge >= 0.3 is 12.7 Å². The first-order valence-electron chi connectivity index (χ1n) is 22.3. The minimum atomic E-state index is -2.93. The van der Waals surface area contributed by atoms with Crippen LogP contribution >= 0.6 is 0 Å². The number of alkyl halides is 2. The first kappa shape index (κ1) is 44.8. The number of halogens is 2. The van der Waals surface area contributed by atoms with E-state index in [9.17, 15) is 23.2 Å². The van der Waals surface area contributed by atoms with E-state index in [4.69, 9.17) is 24.2 Å². The van der Waals surface area contributed by atoms with Crippen LogP contribution in [0.15, 0.2) is 60.7 Å². The number of anilines is 1. The van der Waals surface area contributed by atoms with Gasteiger partial charge in [0.05, 0.1) is 66.1 Å². The van der Waals surface area contributed by atoms with Crippen molar-refractivity contribution in [3.8, 4) is 5.75 Å². The highest BCUT2D eigenvalue weighted by molar-refractivity contribution is 5.87. The summed E-state index contributed by atoms with van der Waals surface area (Å²) in [5.41, 5.74) is 6.27. The summed E-state index contributed by atoms with van der Waals surface area (Å²) in [5, 5.41) is 5.96. The van der Waals surface area contributed by atoms with Crippen molar-refractivity contribution in [3.63, 3.8) is 0 Å². The van der Waals surface area contributed by atoms with Crippen LogP contribution in [0.2, 0.25) is 0 Å². The highest BCUT2D eigenvalue weighted by Crippen LogP contribution is 2.48. The van der Waals surface area contributed by atoms with Gasteiger partial charge in [-0.1, -0.05) is 39.8 Å². The monoisotopic (exact) mass is 883 g/mol. The minimum absolute atomic E-state index is 0.0400. The van der Waals surface area contributed by atoms with Gasteiger partial charge in [0.25, 0.3) is 0 Å². The summed E-state index contributed by atoms with van der Waals surface area (Å²) in [4.78, 5) is 63.0. The molecule has 2 aromatic heterocycles. The topological polar surface area (TPSA) is 170 Å². The maximum atomic E-state index is 13.8. The van der Waals surface area contributed by atoms with Gasteiger partial charge in [0.1, 0.15) is 23.4 Å². The molecule has 5 heterocycles. The van der Waals surface area contributed by atoms with Crippen LogP contribution < -0.4 is 20.3 Å². The number of fused-ring (bicyclic) bond motifs is 2. The number of rotatable bonds is 15. The van der Waals surface area contributed by atoms with Crippen molar-refractivity contribution >= 4 is 45.7 Å². The zero-order valence-corrected chi connectivity index (χ0v) is 37.3. The zero-order valence-electron chi connectivity index (χ0n) is 37.3. The number of aromatic amines is 2. The standard InChI is InChI=1S/C47H59F2N9O6/c1-26(2)40(50-25-62-5)44(59)56-21-7-9-38(56)42-51-32-17-11-28(23-34(32)53-42)36-19-20-37(58(36)30-13-15-31(16-14-30)64-46(48)49)29-12-18-33-35(24-29)54-43(52-33)39-10-8-22-57(39)45(60)41(27(3)4)55-47(61)63-6/h11-18,23-24,26-27,36-41,46,50H,7-10,19-22,25H2,1-6H3,(H,51,53)(H,52,54)(H,55,61). The number of nitrogens with zero attached hydrogens (tertiary/aromatic N) is 5. The maximum Gasteiger partial charge on any atom is 0.407 e. The van der Waals surface area contributed by atoms with Crippen molar-refractivity contribution in [2.24, 2.45) is 11.8 Å². The third-order valence-corrected chi connectivity index (χ3v) is 13.0. The molecule has 3 aromatic carbocycles. The average molecular weight is 884 g/mol. The lowest BCUT2D eigenvalue weighted by Gasteiger charge is -2.33. The highest BCUT2D eigenvalue weighted by atomic mass is 19.3. The molecule has 3 fully saturated rings. The summed E-state index contributed by atoms with van der Waals surface area (Å²) >= 11 is 0. The van der Waals surface area contributed by atoms with E-state index in [1.807, 2.05) is 56.9 Å². The Labute approximate surface area is 371 Å². The Morgan fingerprint density at radius 1 is 0.719 bits per heavy atom. The van der Waals surface area contributed by atoms with Crippen molar-refractivity contribution in [2.75, 3.05) is 38.9 Å². The molecule has 5 aromatic rings. The molecule has 0 bridgehead atoms. The minimum Gasteiger partial charge on any atom is -0.453 e. The van der Waals surface area contributed by atoms with E-state index >= 15 is 0 Å². The SMILES string of the molecule is COCNC(C(=O)N1CCCC1c1nc2ccc(C3CCC(c4ccc5nc(C6CCCN6C(=O)C(NC(=O)OC)C(C)C)[nH]c5c4)N3c3ccc(OC(F)F)cc3)cc2[nH]1)C(C)C. The van der Waals surface area contributed by atoms with E-state index in [1.54, 1.807) is 24.1 Å². The largest absolute Gasteiger partial charge is 0.453 e. The molecule has 0 aliphatic carbocycles. The molecule has 6 unspecified atom stereocenters. The Balaban J connectivity index is 1.08. The van der Waals surface area contributed by atoms with Gasteiger partial charge in [0.2, 0.25) is 11.8 Å². The molecule has 17 heteroatoms. The van der Waals surface area contributed by atoms with E-state index in [0.717, 1.165) is 83.2 Å². The molecule has 8 rings (SSSR count). The van der Waals surface area contributed by atoms with E-state index in [-0.39, 0.29) is 66.3 Å². The van der Waals surface area contributed by atoms with E-state index < -0.39 is 18.7 Å². The third kappa shape index (κ3) is 9.09. The number of ether oxygens (including phenoxy) is 3. The molecular weight excluding hydrogens is 825 g/mol. The lowest BCUT2D eigenvalue weighted by atomic mass is 10.0. The van der Waals surface area contributed by atoms with Gasteiger partial charge in [-0.05, 0) is 110 Å². The summed E-state index contributed by atoms with van der Waals surface area (Å²) in [6.07, 6.45) is 4.19. The normalized spacial score (nSPS) is 21.2. The summed E-state index contributed by atoms with van der Waals surface area (Å²) in [7, 11) is 2.88. The van der Waals surface area contributed by atoms with Gasteiger partial charge in [0, 0.05) is 25.9 Å². The number of hydrogen-bond acceptors (Lipinski definition) is 10. The molecular formula is C47H59F2N9O6. The quantitative estimate of drug-likeness (QED) is 0.0755. The Morgan fingerprint density at radius 3 is 1.70 bits per heavy atom. The van der Waals surface area contributed by atoms with Crippen LogP contribution in [0.4, 0.5) is 19.3 Å². The number of carbonyl (C=O) groups excluding carboxylic acids is 3. The molecule has 0 saturated carbocycles. The number of benzene rings is 3. The number of methoxy groups -OCH3 is 2. The molecule has 3 aliphatic heterocycles. The first-order chi connectivity index (χ1) is 30.8. The van der Waals surface area contributed by atoms with Gasteiger partial charge in [-0.25, -0.2) is 14.8 Å². The molecule has 3 saturated heterocycles. The predicted octanol–water partition coefficient (Wildman–Crippen LogP) is 8.05. The summed E-state index contributed by atoms with van der Waals surface area (Å²) < 4.78 is 41.1. The first-order valence-corrected chi connectivity index (χ1v) is 22.3. The molecule has 3 aliphatic rings. The van der Waals surface area contributed by atoms with Crippen molar-refractivity contribution in [1.29, 1.82) is 0 Å². The summed E-state index contributed by atoms with van der Waals surface area (Å²) in [6, 6.07) is 17.5. The predicted molar refractivity (Wildman–Crippen MR) is 238 cm³/mol. The van der Waals surface area contributed by atoms with Gasteiger partial charge in [-0.3, -0.25) is 14.9 Å². The van der Waals surface area contributed by atoms with Crippen LogP contribution in [0, 0.1) is 11.8 Å². The maximum absolute atomic E-state index is 13.8. The average Bonchev–Trinajstić information content (AvgIpc) is 4.13. The molecule has 0 radical (unpaired) electrons. The van der Waals surface area contributed by atoms with Crippen molar-refractivity contribution in [3.05, 3.63) is 83.4 Å². The molecule has 0 spiro atoms. The van der Waals surface area contributed by atoms with Gasteiger partial charge in [-0.2, -0.15) is 8.78 Å². The van der Waals surface area contributed by atoms with Gasteiger partial charge in [-0.15, -0.1) is 0 Å². The summed E-state index contributed by atoms with van der Waals surface area (Å²) in [5.74, 6) is 1.33. The Bertz CT molecular complexity index is 2440. The molecule has 6 atom stereocenters. The second kappa shape index (κ2) is 19.1. The number of aromatic nitrogens is 4. The fourth-order valence-corrected chi connectivity index (χ4v) is 9.92. The fraction of sp³-hybridized carbons (Fsp3) is 0.511. The van der Waals surface area contributed by atoms with E-state index in [1.165, 1.54) is 7.11 Å². The van der Waals surface area contributed by atoms with Crippen molar-refractivity contribution < 1.29 is 37.4 Å². The number of imidazole rings is 2. The number of likely N-dealkylation sites (tertiary alicyclic amines) is 2. The zero-order chi connectivity index (χ0) is 45.2. The van der Waals surface area contributed by atoms with Gasteiger partial charge < -0.3 is 44.2 Å². The lowest BCUT2D eigenvalue weighted by Crippen LogP contribution is -2.51. The molecule has 342 valence electrons. The number of carbonyl (C=O) groups is 3. The number of nitrogens with one attached hydrogen (secondary N) is 4. The number of H-pyrrole nitrogens is 2. The smallest absolute Gasteiger partial charge is 0.407 e. The van der Waals surface area contributed by atoms with E-state index in [0.29, 0.717) is 18.9 Å². The second-order valence-electron chi connectivity index (χ2n) is 17.8. The number of alkyl carbamates (subject to hydrolysis) is 1. The van der Waals surface area contributed by atoms with Gasteiger partial charge in [0.15, 0.2) is 0 Å². The summed E-state index contributed by atoms with van der Waals surface area (Å²) in [6.45, 7) is 6.39. The van der Waals surface area contributed by atoms with Crippen LogP contribution in [0.5, 0.6) is 5.75 Å².